The lowest BCUT2D eigenvalue weighted by Gasteiger charge is -2.14. The summed E-state index contributed by atoms with van der Waals surface area (Å²) in [6, 6.07) is 14.4. The van der Waals surface area contributed by atoms with Crippen molar-refractivity contribution in [3.05, 3.63) is 68.3 Å². The number of aryl methyl sites for hydroxylation is 2. The molecule has 0 amide bonds. The first kappa shape index (κ1) is 13.6. The summed E-state index contributed by atoms with van der Waals surface area (Å²) in [5.41, 5.74) is 4.66. The Balaban J connectivity index is 2.22. The van der Waals surface area contributed by atoms with Crippen LogP contribution in [0.1, 0.15) is 28.4 Å². The van der Waals surface area contributed by atoms with Gasteiger partial charge in [0.2, 0.25) is 0 Å². The van der Waals surface area contributed by atoms with Crippen LogP contribution in [-0.2, 0) is 6.42 Å². The summed E-state index contributed by atoms with van der Waals surface area (Å²) in [6.07, 6.45) is 0.236. The van der Waals surface area contributed by atoms with Crippen molar-refractivity contribution in [1.29, 1.82) is 0 Å². The Hall–Kier alpha value is -0.870. The smallest absolute Gasteiger partial charge is 0.0840 e. The summed E-state index contributed by atoms with van der Waals surface area (Å²) in [4.78, 5) is 0. The molecule has 1 atom stereocenters. The van der Waals surface area contributed by atoms with Gasteiger partial charge in [-0.25, -0.2) is 0 Å². The number of benzene rings is 2. The Morgan fingerprint density at radius 2 is 1.83 bits per heavy atom. The molecule has 94 valence electrons. The minimum absolute atomic E-state index is 0.432. The van der Waals surface area contributed by atoms with E-state index < -0.39 is 6.10 Å². The fraction of sp³-hybridized carbons (Fsp3) is 0.250. The number of hydrogen-bond acceptors (Lipinski definition) is 1. The van der Waals surface area contributed by atoms with Crippen LogP contribution in [0.2, 0.25) is 0 Å². The largest absolute Gasteiger partial charge is 0.388 e. The van der Waals surface area contributed by atoms with E-state index in [1.54, 1.807) is 0 Å². The highest BCUT2D eigenvalue weighted by molar-refractivity contribution is 14.1. The highest BCUT2D eigenvalue weighted by atomic mass is 127. The zero-order chi connectivity index (χ0) is 13.1. The highest BCUT2D eigenvalue weighted by Crippen LogP contribution is 2.25. The molecule has 0 aliphatic heterocycles. The molecule has 0 heterocycles. The third-order valence-electron chi connectivity index (χ3n) is 3.09. The molecule has 1 N–H and O–H groups in total. The van der Waals surface area contributed by atoms with Gasteiger partial charge in [-0.15, -0.1) is 0 Å². The fourth-order valence-electron chi connectivity index (χ4n) is 2.10. The SMILES string of the molecule is Cc1cccc(CC(O)c2cccc(C)c2I)c1. The lowest BCUT2D eigenvalue weighted by Crippen LogP contribution is -2.05. The molecule has 2 aromatic carbocycles. The lowest BCUT2D eigenvalue weighted by atomic mass is 9.99. The van der Waals surface area contributed by atoms with Crippen molar-refractivity contribution >= 4 is 22.6 Å². The summed E-state index contributed by atoms with van der Waals surface area (Å²) in [7, 11) is 0. The maximum atomic E-state index is 10.4. The molecule has 2 rings (SSSR count). The third-order valence-corrected chi connectivity index (χ3v) is 4.57. The maximum absolute atomic E-state index is 10.4. The molecule has 0 fully saturated rings. The van der Waals surface area contributed by atoms with Crippen LogP contribution in [0.3, 0.4) is 0 Å². The average molecular weight is 352 g/mol. The first-order valence-corrected chi connectivity index (χ1v) is 7.14. The normalized spacial score (nSPS) is 12.4. The molecule has 0 radical (unpaired) electrons. The van der Waals surface area contributed by atoms with Crippen molar-refractivity contribution in [2.75, 3.05) is 0 Å². The number of rotatable bonds is 3. The van der Waals surface area contributed by atoms with E-state index in [0.29, 0.717) is 6.42 Å². The number of aliphatic hydroxyl groups is 1. The minimum atomic E-state index is -0.432. The van der Waals surface area contributed by atoms with Crippen molar-refractivity contribution < 1.29 is 5.11 Å². The number of hydrogen-bond donors (Lipinski definition) is 1. The van der Waals surface area contributed by atoms with Gasteiger partial charge in [0, 0.05) is 9.99 Å². The zero-order valence-electron chi connectivity index (χ0n) is 10.7. The van der Waals surface area contributed by atoms with Crippen molar-refractivity contribution in [3.8, 4) is 0 Å². The van der Waals surface area contributed by atoms with Gasteiger partial charge in [0.15, 0.2) is 0 Å². The van der Waals surface area contributed by atoms with Crippen LogP contribution in [0, 0.1) is 17.4 Å². The van der Waals surface area contributed by atoms with Gasteiger partial charge in [-0.1, -0.05) is 48.0 Å². The van der Waals surface area contributed by atoms with Crippen LogP contribution in [0.15, 0.2) is 42.5 Å². The average Bonchev–Trinajstić information content (AvgIpc) is 2.32. The molecule has 1 unspecified atom stereocenters. The molecule has 0 saturated heterocycles. The summed E-state index contributed by atoms with van der Waals surface area (Å²) >= 11 is 2.31. The second-order valence-corrected chi connectivity index (χ2v) is 5.77. The van der Waals surface area contributed by atoms with Gasteiger partial charge in [0.05, 0.1) is 6.10 Å². The predicted octanol–water partition coefficient (Wildman–Crippen LogP) is 4.18. The van der Waals surface area contributed by atoms with Crippen LogP contribution in [0.5, 0.6) is 0 Å². The highest BCUT2D eigenvalue weighted by Gasteiger charge is 2.13. The second-order valence-electron chi connectivity index (χ2n) is 4.69. The van der Waals surface area contributed by atoms with Gasteiger partial charge in [-0.3, -0.25) is 0 Å². The number of halogens is 1. The molecule has 18 heavy (non-hydrogen) atoms. The van der Waals surface area contributed by atoms with E-state index in [4.69, 9.17) is 0 Å². The first-order chi connectivity index (χ1) is 8.58. The van der Waals surface area contributed by atoms with E-state index in [9.17, 15) is 5.11 Å². The standard InChI is InChI=1S/C16H17IO/c1-11-5-3-7-13(9-11)10-15(18)14-8-4-6-12(2)16(14)17/h3-9,15,18H,10H2,1-2H3. The van der Waals surface area contributed by atoms with Crippen molar-refractivity contribution in [3.63, 3.8) is 0 Å². The van der Waals surface area contributed by atoms with Gasteiger partial charge < -0.3 is 5.11 Å². The first-order valence-electron chi connectivity index (χ1n) is 6.06. The van der Waals surface area contributed by atoms with Crippen molar-refractivity contribution in [2.45, 2.75) is 26.4 Å². The van der Waals surface area contributed by atoms with E-state index >= 15 is 0 Å². The third kappa shape index (κ3) is 3.12. The molecule has 0 saturated carbocycles. The topological polar surface area (TPSA) is 20.2 Å². The van der Waals surface area contributed by atoms with E-state index in [2.05, 4.69) is 60.7 Å². The van der Waals surface area contributed by atoms with Crippen LogP contribution >= 0.6 is 22.6 Å². The molecule has 0 bridgehead atoms. The quantitative estimate of drug-likeness (QED) is 0.822. The van der Waals surface area contributed by atoms with Crippen LogP contribution in [0.25, 0.3) is 0 Å². The van der Waals surface area contributed by atoms with E-state index in [1.165, 1.54) is 16.7 Å². The minimum Gasteiger partial charge on any atom is -0.388 e. The molecule has 0 aliphatic carbocycles. The lowest BCUT2D eigenvalue weighted by molar-refractivity contribution is 0.177. The van der Waals surface area contributed by atoms with E-state index in [1.807, 2.05) is 18.2 Å². The molecule has 1 nitrogen and oxygen atoms in total. The molecule has 0 aromatic heterocycles. The Morgan fingerprint density at radius 3 is 2.56 bits per heavy atom. The Kier molecular flexibility index (Phi) is 4.40. The van der Waals surface area contributed by atoms with Crippen molar-refractivity contribution in [1.82, 2.24) is 0 Å². The Labute approximate surface area is 122 Å². The van der Waals surface area contributed by atoms with Crippen molar-refractivity contribution in [2.24, 2.45) is 0 Å². The summed E-state index contributed by atoms with van der Waals surface area (Å²) in [6.45, 7) is 4.15. The summed E-state index contributed by atoms with van der Waals surface area (Å²) in [5, 5.41) is 10.4. The summed E-state index contributed by atoms with van der Waals surface area (Å²) in [5.74, 6) is 0. The predicted molar refractivity (Wildman–Crippen MR) is 83.7 cm³/mol. The molecule has 0 aliphatic rings. The zero-order valence-corrected chi connectivity index (χ0v) is 12.8. The van der Waals surface area contributed by atoms with Gasteiger partial charge in [0.1, 0.15) is 0 Å². The van der Waals surface area contributed by atoms with Gasteiger partial charge in [-0.05, 0) is 53.1 Å². The fourth-order valence-corrected chi connectivity index (χ4v) is 2.82. The summed E-state index contributed by atoms with van der Waals surface area (Å²) < 4.78 is 1.16. The van der Waals surface area contributed by atoms with Gasteiger partial charge in [0.25, 0.3) is 0 Å². The second kappa shape index (κ2) is 5.85. The molecule has 2 aromatic rings. The maximum Gasteiger partial charge on any atom is 0.0840 e. The van der Waals surface area contributed by atoms with Gasteiger partial charge in [-0.2, -0.15) is 0 Å². The van der Waals surface area contributed by atoms with Gasteiger partial charge >= 0.3 is 0 Å². The molecule has 0 spiro atoms. The molecular weight excluding hydrogens is 335 g/mol. The molecular formula is C16H17IO. The van der Waals surface area contributed by atoms with Crippen LogP contribution in [0.4, 0.5) is 0 Å². The van der Waals surface area contributed by atoms with Crippen LogP contribution in [-0.4, -0.2) is 5.11 Å². The van der Waals surface area contributed by atoms with Crippen LogP contribution < -0.4 is 0 Å². The molecule has 2 heteroatoms. The Bertz CT molecular complexity index is 549. The number of aliphatic hydroxyl groups excluding tert-OH is 1. The monoisotopic (exact) mass is 352 g/mol. The van der Waals surface area contributed by atoms with E-state index in [-0.39, 0.29) is 0 Å². The van der Waals surface area contributed by atoms with E-state index in [0.717, 1.165) is 9.13 Å². The Morgan fingerprint density at radius 1 is 1.11 bits per heavy atom.